The Labute approximate surface area is 119 Å². The van der Waals surface area contributed by atoms with E-state index < -0.39 is 15.8 Å². The first-order valence-corrected chi connectivity index (χ1v) is 8.04. The number of hydrogen-bond acceptors (Lipinski definition) is 4. The molecule has 1 aromatic carbocycles. The minimum atomic E-state index is -3.87. The van der Waals surface area contributed by atoms with Crippen molar-refractivity contribution >= 4 is 15.7 Å². The van der Waals surface area contributed by atoms with Crippen LogP contribution in [0, 0.1) is 12.7 Å². The summed E-state index contributed by atoms with van der Waals surface area (Å²) < 4.78 is 40.9. The Balaban J connectivity index is 2.20. The molecule has 0 bridgehead atoms. The molecule has 1 aromatic rings. The number of sulfonamides is 1. The predicted molar refractivity (Wildman–Crippen MR) is 76.4 cm³/mol. The van der Waals surface area contributed by atoms with Crippen LogP contribution in [0.4, 0.5) is 10.1 Å². The molecule has 2 rings (SSSR count). The van der Waals surface area contributed by atoms with Crippen molar-refractivity contribution in [1.29, 1.82) is 0 Å². The second kappa shape index (κ2) is 5.67. The summed E-state index contributed by atoms with van der Waals surface area (Å²) in [6, 6.07) is 2.18. The van der Waals surface area contributed by atoms with E-state index in [1.807, 2.05) is 7.05 Å². The van der Waals surface area contributed by atoms with Gasteiger partial charge in [-0.05, 0) is 57.6 Å². The molecule has 0 aliphatic carbocycles. The molecule has 0 saturated carbocycles. The Kier molecular flexibility index (Phi) is 4.31. The highest BCUT2D eigenvalue weighted by Crippen LogP contribution is 2.22. The fourth-order valence-corrected chi connectivity index (χ4v) is 3.68. The van der Waals surface area contributed by atoms with Gasteiger partial charge in [0.15, 0.2) is 0 Å². The van der Waals surface area contributed by atoms with E-state index in [4.69, 9.17) is 5.73 Å². The van der Waals surface area contributed by atoms with Crippen molar-refractivity contribution in [2.75, 3.05) is 25.9 Å². The normalized spacial score (nSPS) is 18.4. The van der Waals surface area contributed by atoms with E-state index in [1.165, 1.54) is 6.07 Å². The maximum atomic E-state index is 13.9. The topological polar surface area (TPSA) is 75.4 Å². The van der Waals surface area contributed by atoms with Crippen LogP contribution >= 0.6 is 0 Å². The largest absolute Gasteiger partial charge is 0.398 e. The number of nitrogens with two attached hydrogens (primary N) is 1. The van der Waals surface area contributed by atoms with Crippen molar-refractivity contribution in [1.82, 2.24) is 9.62 Å². The SMILES string of the molecule is Cc1cc(F)c(S(=O)(=O)NC2CCN(C)CC2)cc1N. The van der Waals surface area contributed by atoms with Crippen LogP contribution in [0.3, 0.4) is 0 Å². The zero-order valence-electron chi connectivity index (χ0n) is 11.7. The quantitative estimate of drug-likeness (QED) is 0.820. The van der Waals surface area contributed by atoms with Gasteiger partial charge in [-0.1, -0.05) is 0 Å². The minimum Gasteiger partial charge on any atom is -0.398 e. The van der Waals surface area contributed by atoms with Crippen LogP contribution in [0.15, 0.2) is 17.0 Å². The molecule has 7 heteroatoms. The molecule has 0 aromatic heterocycles. The Morgan fingerprint density at radius 3 is 2.55 bits per heavy atom. The second-order valence-corrected chi connectivity index (χ2v) is 7.02. The lowest BCUT2D eigenvalue weighted by Gasteiger charge is -2.29. The number of likely N-dealkylation sites (tertiary alicyclic amines) is 1. The van der Waals surface area contributed by atoms with Gasteiger partial charge in [-0.25, -0.2) is 17.5 Å². The Morgan fingerprint density at radius 1 is 1.35 bits per heavy atom. The number of nitrogen functional groups attached to an aromatic ring is 1. The van der Waals surface area contributed by atoms with Gasteiger partial charge in [0, 0.05) is 11.7 Å². The number of hydrogen-bond donors (Lipinski definition) is 2. The van der Waals surface area contributed by atoms with E-state index in [2.05, 4.69) is 9.62 Å². The number of halogens is 1. The van der Waals surface area contributed by atoms with Gasteiger partial charge in [-0.15, -0.1) is 0 Å². The number of nitrogens with one attached hydrogen (secondary N) is 1. The zero-order valence-corrected chi connectivity index (χ0v) is 12.5. The van der Waals surface area contributed by atoms with Crippen LogP contribution in [-0.4, -0.2) is 39.5 Å². The minimum absolute atomic E-state index is 0.155. The molecule has 0 unspecified atom stereocenters. The first kappa shape index (κ1) is 15.2. The lowest BCUT2D eigenvalue weighted by molar-refractivity contribution is 0.248. The third-order valence-corrected chi connectivity index (χ3v) is 5.19. The summed E-state index contributed by atoms with van der Waals surface area (Å²) in [4.78, 5) is 1.76. The Bertz CT molecular complexity index is 596. The van der Waals surface area contributed by atoms with E-state index >= 15 is 0 Å². The maximum Gasteiger partial charge on any atom is 0.243 e. The van der Waals surface area contributed by atoms with Gasteiger partial charge in [-0.2, -0.15) is 0 Å². The molecule has 1 aliphatic heterocycles. The van der Waals surface area contributed by atoms with Crippen LogP contribution in [0.2, 0.25) is 0 Å². The van der Waals surface area contributed by atoms with E-state index in [1.54, 1.807) is 6.92 Å². The molecule has 3 N–H and O–H groups in total. The Hall–Kier alpha value is -1.18. The van der Waals surface area contributed by atoms with Crippen LogP contribution in [0.1, 0.15) is 18.4 Å². The summed E-state index contributed by atoms with van der Waals surface area (Å²) in [5, 5.41) is 0. The molecule has 1 fully saturated rings. The lowest BCUT2D eigenvalue weighted by atomic mass is 10.1. The molecule has 0 atom stereocenters. The molecule has 1 aliphatic rings. The maximum absolute atomic E-state index is 13.9. The van der Waals surface area contributed by atoms with Crippen LogP contribution in [0.5, 0.6) is 0 Å². The Morgan fingerprint density at radius 2 is 1.95 bits per heavy atom. The van der Waals surface area contributed by atoms with Crippen molar-refractivity contribution in [3.8, 4) is 0 Å². The van der Waals surface area contributed by atoms with Gasteiger partial charge in [0.1, 0.15) is 10.7 Å². The lowest BCUT2D eigenvalue weighted by Crippen LogP contribution is -2.43. The zero-order chi connectivity index (χ0) is 14.9. The fourth-order valence-electron chi connectivity index (χ4n) is 2.28. The average Bonchev–Trinajstić information content (AvgIpc) is 2.36. The second-order valence-electron chi connectivity index (χ2n) is 5.34. The van der Waals surface area contributed by atoms with E-state index in [-0.39, 0.29) is 16.6 Å². The van der Waals surface area contributed by atoms with Crippen molar-refractivity contribution in [3.05, 3.63) is 23.5 Å². The number of nitrogens with zero attached hydrogens (tertiary/aromatic N) is 1. The van der Waals surface area contributed by atoms with Crippen molar-refractivity contribution in [2.45, 2.75) is 30.7 Å². The molecule has 20 heavy (non-hydrogen) atoms. The smallest absolute Gasteiger partial charge is 0.243 e. The van der Waals surface area contributed by atoms with Crippen molar-refractivity contribution in [2.24, 2.45) is 0 Å². The predicted octanol–water partition coefficient (Wildman–Crippen LogP) is 1.09. The molecule has 0 spiro atoms. The van der Waals surface area contributed by atoms with E-state index in [0.717, 1.165) is 32.0 Å². The first-order valence-electron chi connectivity index (χ1n) is 6.56. The number of aryl methyl sites for hydroxylation is 1. The van der Waals surface area contributed by atoms with Crippen molar-refractivity contribution in [3.63, 3.8) is 0 Å². The summed E-state index contributed by atoms with van der Waals surface area (Å²) >= 11 is 0. The standard InChI is InChI=1S/C13H20FN3O2S/c1-9-7-11(14)13(8-12(9)15)20(18,19)16-10-3-5-17(2)6-4-10/h7-8,10,16H,3-6,15H2,1-2H3. The van der Waals surface area contributed by atoms with Crippen LogP contribution < -0.4 is 10.5 Å². The van der Waals surface area contributed by atoms with Gasteiger partial charge in [0.05, 0.1) is 0 Å². The van der Waals surface area contributed by atoms with Gasteiger partial charge >= 0.3 is 0 Å². The van der Waals surface area contributed by atoms with Crippen LogP contribution in [-0.2, 0) is 10.0 Å². The highest BCUT2D eigenvalue weighted by molar-refractivity contribution is 7.89. The summed E-state index contributed by atoms with van der Waals surface area (Å²) in [6.07, 6.45) is 1.44. The molecule has 112 valence electrons. The summed E-state index contributed by atoms with van der Waals surface area (Å²) in [5.74, 6) is -0.767. The number of rotatable bonds is 3. The highest BCUT2D eigenvalue weighted by Gasteiger charge is 2.26. The molecular weight excluding hydrogens is 281 g/mol. The van der Waals surface area contributed by atoms with Gasteiger partial charge < -0.3 is 10.6 Å². The summed E-state index contributed by atoms with van der Waals surface area (Å²) in [5.41, 5.74) is 6.47. The molecular formula is C13H20FN3O2S. The van der Waals surface area contributed by atoms with Gasteiger partial charge in [0.2, 0.25) is 10.0 Å². The fraction of sp³-hybridized carbons (Fsp3) is 0.538. The third-order valence-electron chi connectivity index (χ3n) is 3.65. The summed E-state index contributed by atoms with van der Waals surface area (Å²) in [7, 11) is -1.88. The first-order chi connectivity index (χ1) is 9.29. The molecule has 1 heterocycles. The van der Waals surface area contributed by atoms with E-state index in [0.29, 0.717) is 5.56 Å². The highest BCUT2D eigenvalue weighted by atomic mass is 32.2. The van der Waals surface area contributed by atoms with Crippen molar-refractivity contribution < 1.29 is 12.8 Å². The average molecular weight is 301 g/mol. The van der Waals surface area contributed by atoms with Crippen LogP contribution in [0.25, 0.3) is 0 Å². The number of benzene rings is 1. The summed E-state index contributed by atoms with van der Waals surface area (Å²) in [6.45, 7) is 3.29. The van der Waals surface area contributed by atoms with Gasteiger partial charge in [0.25, 0.3) is 0 Å². The van der Waals surface area contributed by atoms with Gasteiger partial charge in [-0.3, -0.25) is 0 Å². The third kappa shape index (κ3) is 3.28. The molecule has 0 radical (unpaired) electrons. The number of piperidine rings is 1. The number of anilines is 1. The molecule has 0 amide bonds. The monoisotopic (exact) mass is 301 g/mol. The van der Waals surface area contributed by atoms with E-state index in [9.17, 15) is 12.8 Å². The molecule has 5 nitrogen and oxygen atoms in total. The molecule has 1 saturated heterocycles.